The van der Waals surface area contributed by atoms with Crippen LogP contribution < -0.4 is 10.2 Å². The Morgan fingerprint density at radius 3 is 2.95 bits per heavy atom. The number of hydrogen-bond donors (Lipinski definition) is 1. The molecule has 2 aromatic rings. The average Bonchev–Trinajstić information content (AvgIpc) is 2.47. The standard InChI is InChI=1S/C17H17FN2OS/c1-12-10-20(15-7-2-3-8-16(15)22-12)11-17(21)19-14-6-4-5-13(18)9-14/h2-9,12H,10-11H2,1H3,(H,19,21)/t12-/m1/s1. The van der Waals surface area contributed by atoms with Gasteiger partial charge in [-0.05, 0) is 30.3 Å². The summed E-state index contributed by atoms with van der Waals surface area (Å²) in [6.45, 7) is 3.23. The van der Waals surface area contributed by atoms with Crippen molar-refractivity contribution in [3.05, 3.63) is 54.3 Å². The molecule has 0 saturated carbocycles. The van der Waals surface area contributed by atoms with Crippen molar-refractivity contribution in [3.8, 4) is 0 Å². The van der Waals surface area contributed by atoms with E-state index >= 15 is 0 Å². The average molecular weight is 316 g/mol. The molecule has 1 aliphatic heterocycles. The van der Waals surface area contributed by atoms with E-state index in [1.54, 1.807) is 12.1 Å². The van der Waals surface area contributed by atoms with Crippen molar-refractivity contribution in [1.82, 2.24) is 0 Å². The minimum Gasteiger partial charge on any atom is -0.360 e. The summed E-state index contributed by atoms with van der Waals surface area (Å²) in [5, 5.41) is 3.18. The molecule has 0 spiro atoms. The van der Waals surface area contributed by atoms with Crippen LogP contribution in [0, 0.1) is 5.82 Å². The molecule has 22 heavy (non-hydrogen) atoms. The summed E-state index contributed by atoms with van der Waals surface area (Å²) in [5.74, 6) is -0.495. The summed E-state index contributed by atoms with van der Waals surface area (Å²) in [4.78, 5) is 15.5. The number of halogens is 1. The summed E-state index contributed by atoms with van der Waals surface area (Å²) >= 11 is 1.83. The number of hydrogen-bond acceptors (Lipinski definition) is 3. The van der Waals surface area contributed by atoms with E-state index < -0.39 is 0 Å². The minimum absolute atomic E-state index is 0.139. The van der Waals surface area contributed by atoms with Crippen molar-refractivity contribution in [1.29, 1.82) is 0 Å². The van der Waals surface area contributed by atoms with Gasteiger partial charge in [-0.15, -0.1) is 11.8 Å². The number of amides is 1. The van der Waals surface area contributed by atoms with E-state index in [4.69, 9.17) is 0 Å². The number of benzene rings is 2. The van der Waals surface area contributed by atoms with Crippen molar-refractivity contribution in [2.75, 3.05) is 23.3 Å². The highest BCUT2D eigenvalue weighted by molar-refractivity contribution is 8.00. The number of nitrogens with zero attached hydrogens (tertiary/aromatic N) is 1. The second-order valence-corrected chi connectivity index (χ2v) is 6.82. The van der Waals surface area contributed by atoms with Gasteiger partial charge in [-0.25, -0.2) is 4.39 Å². The van der Waals surface area contributed by atoms with E-state index in [0.717, 1.165) is 12.2 Å². The first-order chi connectivity index (χ1) is 10.6. The van der Waals surface area contributed by atoms with E-state index in [-0.39, 0.29) is 18.3 Å². The molecule has 1 amide bonds. The van der Waals surface area contributed by atoms with Crippen LogP contribution in [0.15, 0.2) is 53.4 Å². The maximum atomic E-state index is 13.2. The molecule has 3 nitrogen and oxygen atoms in total. The van der Waals surface area contributed by atoms with Crippen LogP contribution in [0.1, 0.15) is 6.92 Å². The zero-order valence-electron chi connectivity index (χ0n) is 12.3. The molecule has 0 bridgehead atoms. The van der Waals surface area contributed by atoms with E-state index in [0.29, 0.717) is 10.9 Å². The number of rotatable bonds is 3. The normalized spacial score (nSPS) is 17.0. The molecule has 1 aliphatic rings. The van der Waals surface area contributed by atoms with Crippen LogP contribution in [0.3, 0.4) is 0 Å². The van der Waals surface area contributed by atoms with Crippen molar-refractivity contribution < 1.29 is 9.18 Å². The highest BCUT2D eigenvalue weighted by Crippen LogP contribution is 2.37. The Labute approximate surface area is 133 Å². The van der Waals surface area contributed by atoms with E-state index in [9.17, 15) is 9.18 Å². The summed E-state index contributed by atoms with van der Waals surface area (Å²) in [7, 11) is 0. The highest BCUT2D eigenvalue weighted by atomic mass is 32.2. The van der Waals surface area contributed by atoms with Gasteiger partial charge in [-0.3, -0.25) is 4.79 Å². The fraction of sp³-hybridized carbons (Fsp3) is 0.235. The van der Waals surface area contributed by atoms with Crippen LogP contribution >= 0.6 is 11.8 Å². The Bertz CT molecular complexity index is 692. The largest absolute Gasteiger partial charge is 0.360 e. The van der Waals surface area contributed by atoms with Crippen LogP contribution in [0.25, 0.3) is 0 Å². The number of thioether (sulfide) groups is 1. The van der Waals surface area contributed by atoms with Gasteiger partial charge in [0.2, 0.25) is 5.91 Å². The zero-order chi connectivity index (χ0) is 15.5. The summed E-state index contributed by atoms with van der Waals surface area (Å²) in [5.41, 5.74) is 1.57. The lowest BCUT2D eigenvalue weighted by Gasteiger charge is -2.33. The highest BCUT2D eigenvalue weighted by Gasteiger charge is 2.23. The summed E-state index contributed by atoms with van der Waals surface area (Å²) < 4.78 is 13.2. The van der Waals surface area contributed by atoms with Gasteiger partial charge in [-0.1, -0.05) is 25.1 Å². The van der Waals surface area contributed by atoms with Crippen LogP contribution in [-0.2, 0) is 4.79 Å². The van der Waals surface area contributed by atoms with Crippen molar-refractivity contribution in [2.24, 2.45) is 0 Å². The molecule has 0 unspecified atom stereocenters. The third-order valence-corrected chi connectivity index (χ3v) is 4.61. The van der Waals surface area contributed by atoms with Crippen LogP contribution in [0.4, 0.5) is 15.8 Å². The molecule has 1 N–H and O–H groups in total. The SMILES string of the molecule is C[C@@H]1CN(CC(=O)Nc2cccc(F)c2)c2ccccc2S1. The molecule has 1 heterocycles. The van der Waals surface area contributed by atoms with Crippen molar-refractivity contribution in [3.63, 3.8) is 0 Å². The van der Waals surface area contributed by atoms with Gasteiger partial charge in [0, 0.05) is 22.4 Å². The third kappa shape index (κ3) is 3.42. The third-order valence-electron chi connectivity index (χ3n) is 3.45. The first kappa shape index (κ1) is 14.9. The Balaban J connectivity index is 1.71. The lowest BCUT2D eigenvalue weighted by Crippen LogP contribution is -2.39. The second-order valence-electron chi connectivity index (χ2n) is 5.34. The van der Waals surface area contributed by atoms with Crippen molar-refractivity contribution in [2.45, 2.75) is 17.1 Å². The maximum absolute atomic E-state index is 13.2. The molecule has 3 rings (SSSR count). The number of carbonyl (C=O) groups is 1. The molecule has 2 aromatic carbocycles. The molecule has 0 aromatic heterocycles. The van der Waals surface area contributed by atoms with Gasteiger partial charge in [0.05, 0.1) is 12.2 Å². The lowest BCUT2D eigenvalue weighted by molar-refractivity contribution is -0.115. The van der Waals surface area contributed by atoms with E-state index in [1.165, 1.54) is 17.0 Å². The maximum Gasteiger partial charge on any atom is 0.243 e. The van der Waals surface area contributed by atoms with Gasteiger partial charge < -0.3 is 10.2 Å². The van der Waals surface area contributed by atoms with Crippen LogP contribution in [0.5, 0.6) is 0 Å². The van der Waals surface area contributed by atoms with Gasteiger partial charge in [0.15, 0.2) is 0 Å². The topological polar surface area (TPSA) is 32.3 Å². The monoisotopic (exact) mass is 316 g/mol. The number of fused-ring (bicyclic) bond motifs is 1. The Morgan fingerprint density at radius 1 is 1.32 bits per heavy atom. The number of anilines is 2. The summed E-state index contributed by atoms with van der Waals surface area (Å²) in [6, 6.07) is 14.0. The molecule has 5 heteroatoms. The molecule has 0 saturated heterocycles. The second kappa shape index (κ2) is 6.40. The fourth-order valence-corrected chi connectivity index (χ4v) is 3.73. The quantitative estimate of drug-likeness (QED) is 0.935. The van der Waals surface area contributed by atoms with Gasteiger partial charge in [0.25, 0.3) is 0 Å². The number of nitrogens with one attached hydrogen (secondary N) is 1. The molecular weight excluding hydrogens is 299 g/mol. The molecular formula is C17H17FN2OS. The molecule has 114 valence electrons. The van der Waals surface area contributed by atoms with Crippen LogP contribution in [-0.4, -0.2) is 24.2 Å². The first-order valence-electron chi connectivity index (χ1n) is 7.18. The predicted octanol–water partition coefficient (Wildman–Crippen LogP) is 3.77. The number of para-hydroxylation sites is 1. The smallest absolute Gasteiger partial charge is 0.243 e. The van der Waals surface area contributed by atoms with Gasteiger partial charge >= 0.3 is 0 Å². The zero-order valence-corrected chi connectivity index (χ0v) is 13.1. The minimum atomic E-state index is -0.355. The fourth-order valence-electron chi connectivity index (χ4n) is 2.57. The van der Waals surface area contributed by atoms with Gasteiger partial charge in [0.1, 0.15) is 5.82 Å². The Kier molecular flexibility index (Phi) is 4.34. The summed E-state index contributed by atoms with van der Waals surface area (Å²) in [6.07, 6.45) is 0. The number of carbonyl (C=O) groups excluding carboxylic acids is 1. The van der Waals surface area contributed by atoms with Crippen molar-refractivity contribution >= 4 is 29.0 Å². The van der Waals surface area contributed by atoms with Gasteiger partial charge in [-0.2, -0.15) is 0 Å². The molecule has 1 atom stereocenters. The molecule has 0 fully saturated rings. The Hall–Kier alpha value is -2.01. The van der Waals surface area contributed by atoms with E-state index in [1.807, 2.05) is 30.0 Å². The van der Waals surface area contributed by atoms with Crippen LogP contribution in [0.2, 0.25) is 0 Å². The lowest BCUT2D eigenvalue weighted by atomic mass is 10.2. The Morgan fingerprint density at radius 2 is 2.14 bits per heavy atom. The molecule has 0 aliphatic carbocycles. The predicted molar refractivity (Wildman–Crippen MR) is 89.0 cm³/mol. The van der Waals surface area contributed by atoms with E-state index in [2.05, 4.69) is 23.2 Å². The molecule has 0 radical (unpaired) electrons. The first-order valence-corrected chi connectivity index (χ1v) is 8.06.